The van der Waals surface area contributed by atoms with Crippen molar-refractivity contribution in [1.29, 1.82) is 0 Å². The van der Waals surface area contributed by atoms with Gasteiger partial charge in [-0.25, -0.2) is 9.37 Å². The third-order valence-electron chi connectivity index (χ3n) is 5.35. The quantitative estimate of drug-likeness (QED) is 0.274. The number of pyridine rings is 1. The van der Waals surface area contributed by atoms with Crippen molar-refractivity contribution in [3.05, 3.63) is 89.5 Å². The van der Waals surface area contributed by atoms with Gasteiger partial charge < -0.3 is 9.84 Å². The number of Topliss-reactive ketones (excluding diaryl/α,β-unsaturated/α-hetero) is 1. The van der Waals surface area contributed by atoms with E-state index in [-0.39, 0.29) is 16.9 Å². The van der Waals surface area contributed by atoms with Gasteiger partial charge in [0.1, 0.15) is 17.3 Å². The van der Waals surface area contributed by atoms with Gasteiger partial charge in [-0.15, -0.1) is 0 Å². The number of anilines is 1. The molecule has 5 rings (SSSR count). The lowest BCUT2D eigenvalue weighted by Gasteiger charge is -2.22. The van der Waals surface area contributed by atoms with Gasteiger partial charge in [-0.2, -0.15) is 0 Å². The molecule has 9 heteroatoms. The largest absolute Gasteiger partial charge is 0.507 e. The van der Waals surface area contributed by atoms with E-state index in [1.165, 1.54) is 41.7 Å². The lowest BCUT2D eigenvalue weighted by atomic mass is 9.96. The number of carbonyl (C=O) groups is 2. The average molecular weight is 461 g/mol. The molecule has 164 valence electrons. The Morgan fingerprint density at radius 1 is 1.15 bits per heavy atom. The number of rotatable bonds is 4. The summed E-state index contributed by atoms with van der Waals surface area (Å²) < 4.78 is 20.1. The van der Waals surface area contributed by atoms with Crippen molar-refractivity contribution in [3.63, 3.8) is 0 Å². The third-order valence-corrected chi connectivity index (χ3v) is 6.39. The fourth-order valence-electron chi connectivity index (χ4n) is 3.86. The van der Waals surface area contributed by atoms with Crippen LogP contribution in [0.25, 0.3) is 16.0 Å². The molecular weight excluding hydrogens is 445 g/mol. The average Bonchev–Trinajstić information content (AvgIpc) is 3.37. The molecule has 3 heterocycles. The monoisotopic (exact) mass is 461 g/mol. The summed E-state index contributed by atoms with van der Waals surface area (Å²) in [5, 5.41) is 11.5. The summed E-state index contributed by atoms with van der Waals surface area (Å²) in [6, 6.07) is 13.3. The number of thiazole rings is 1. The number of amides is 1. The van der Waals surface area contributed by atoms with Gasteiger partial charge in [0.05, 0.1) is 34.5 Å². The van der Waals surface area contributed by atoms with E-state index in [9.17, 15) is 19.1 Å². The van der Waals surface area contributed by atoms with Gasteiger partial charge in [0, 0.05) is 12.4 Å². The zero-order valence-corrected chi connectivity index (χ0v) is 18.0. The van der Waals surface area contributed by atoms with Crippen LogP contribution >= 0.6 is 11.3 Å². The van der Waals surface area contributed by atoms with E-state index >= 15 is 0 Å². The Labute approximate surface area is 191 Å². The molecule has 1 N–H and O–H groups in total. The Kier molecular flexibility index (Phi) is 5.10. The number of fused-ring (bicyclic) bond motifs is 1. The number of methoxy groups -OCH3 is 1. The number of ether oxygens (including phenoxy) is 1. The zero-order chi connectivity index (χ0) is 23.1. The second kappa shape index (κ2) is 8.10. The SMILES string of the molecule is COc1ccc(F)cc1/C(O)=C1\C(=O)C(=O)N(c2nc3ccccc3s2)C1c1cccnc1. The number of benzene rings is 2. The Bertz CT molecular complexity index is 1400. The van der Waals surface area contributed by atoms with Crippen molar-refractivity contribution in [1.82, 2.24) is 9.97 Å². The van der Waals surface area contributed by atoms with Gasteiger partial charge in [-0.1, -0.05) is 29.5 Å². The van der Waals surface area contributed by atoms with E-state index in [2.05, 4.69) is 9.97 Å². The summed E-state index contributed by atoms with van der Waals surface area (Å²) in [5.41, 5.74) is 0.939. The highest BCUT2D eigenvalue weighted by Crippen LogP contribution is 2.44. The Morgan fingerprint density at radius 2 is 1.97 bits per heavy atom. The minimum atomic E-state index is -1.01. The normalized spacial score (nSPS) is 17.6. The van der Waals surface area contributed by atoms with E-state index in [1.807, 2.05) is 24.3 Å². The summed E-state index contributed by atoms with van der Waals surface area (Å²) in [7, 11) is 1.36. The summed E-state index contributed by atoms with van der Waals surface area (Å²) in [6.45, 7) is 0. The minimum absolute atomic E-state index is 0.0336. The molecule has 1 saturated heterocycles. The lowest BCUT2D eigenvalue weighted by Crippen LogP contribution is -2.29. The molecule has 1 aliphatic rings. The number of halogens is 1. The maximum absolute atomic E-state index is 14.0. The van der Waals surface area contributed by atoms with Gasteiger partial charge in [0.15, 0.2) is 5.13 Å². The summed E-state index contributed by atoms with van der Waals surface area (Å²) >= 11 is 1.25. The van der Waals surface area contributed by atoms with Crippen LogP contribution in [0.4, 0.5) is 9.52 Å². The number of aliphatic hydroxyl groups excluding tert-OH is 1. The molecule has 0 spiro atoms. The fraction of sp³-hybridized carbons (Fsp3) is 0.0833. The number of carbonyl (C=O) groups excluding carboxylic acids is 2. The predicted molar refractivity (Wildman–Crippen MR) is 122 cm³/mol. The van der Waals surface area contributed by atoms with Crippen molar-refractivity contribution in [2.75, 3.05) is 12.0 Å². The number of para-hydroxylation sites is 1. The Hall–Kier alpha value is -4.11. The molecule has 7 nitrogen and oxygen atoms in total. The number of aromatic nitrogens is 2. The standard InChI is InChI=1S/C24H16FN3O4S/c1-32-17-9-8-14(25)11-15(17)21(29)19-20(13-5-4-10-26-12-13)28(23(31)22(19)30)24-27-16-6-2-3-7-18(16)33-24/h2-12,20,29H,1H3/b21-19+. The van der Waals surface area contributed by atoms with Crippen LogP contribution in [0.15, 0.2) is 72.6 Å². The van der Waals surface area contributed by atoms with Gasteiger partial charge in [0.25, 0.3) is 5.78 Å². The summed E-state index contributed by atoms with van der Waals surface area (Å²) in [5.74, 6) is -2.77. The first-order chi connectivity index (χ1) is 16.0. The van der Waals surface area contributed by atoms with E-state index in [1.54, 1.807) is 18.3 Å². The molecule has 0 saturated carbocycles. The highest BCUT2D eigenvalue weighted by atomic mass is 32.1. The van der Waals surface area contributed by atoms with Crippen molar-refractivity contribution in [3.8, 4) is 5.75 Å². The predicted octanol–water partition coefficient (Wildman–Crippen LogP) is 4.47. The Balaban J connectivity index is 1.76. The Morgan fingerprint density at radius 3 is 2.70 bits per heavy atom. The fourth-order valence-corrected chi connectivity index (χ4v) is 4.85. The minimum Gasteiger partial charge on any atom is -0.507 e. The molecule has 33 heavy (non-hydrogen) atoms. The van der Waals surface area contributed by atoms with Crippen LogP contribution in [0.1, 0.15) is 17.2 Å². The van der Waals surface area contributed by atoms with E-state index in [4.69, 9.17) is 4.74 Å². The lowest BCUT2D eigenvalue weighted by molar-refractivity contribution is -0.132. The van der Waals surface area contributed by atoms with Crippen LogP contribution in [0.3, 0.4) is 0 Å². The molecule has 1 atom stereocenters. The topological polar surface area (TPSA) is 92.6 Å². The van der Waals surface area contributed by atoms with Crippen LogP contribution in [0.2, 0.25) is 0 Å². The van der Waals surface area contributed by atoms with Gasteiger partial charge >= 0.3 is 5.91 Å². The van der Waals surface area contributed by atoms with Crippen LogP contribution in [0.5, 0.6) is 5.75 Å². The molecule has 1 amide bonds. The first-order valence-electron chi connectivity index (χ1n) is 9.90. The van der Waals surface area contributed by atoms with Crippen LogP contribution < -0.4 is 9.64 Å². The summed E-state index contributed by atoms with van der Waals surface area (Å²) in [4.78, 5) is 36.3. The van der Waals surface area contributed by atoms with E-state index in [0.29, 0.717) is 16.2 Å². The van der Waals surface area contributed by atoms with Gasteiger partial charge in [-0.3, -0.25) is 19.5 Å². The molecule has 0 bridgehead atoms. The summed E-state index contributed by atoms with van der Waals surface area (Å²) in [6.07, 6.45) is 3.07. The van der Waals surface area contributed by atoms with Gasteiger partial charge in [0.2, 0.25) is 0 Å². The molecular formula is C24H16FN3O4S. The number of nitrogens with zero attached hydrogens (tertiary/aromatic N) is 3. The third kappa shape index (κ3) is 3.42. The highest BCUT2D eigenvalue weighted by Gasteiger charge is 2.48. The molecule has 4 aromatic rings. The maximum Gasteiger partial charge on any atom is 0.301 e. The van der Waals surface area contributed by atoms with Gasteiger partial charge in [-0.05, 0) is 42.0 Å². The van der Waals surface area contributed by atoms with Crippen LogP contribution in [-0.2, 0) is 9.59 Å². The number of hydrogen-bond acceptors (Lipinski definition) is 7. The molecule has 2 aromatic carbocycles. The van der Waals surface area contributed by atoms with E-state index in [0.717, 1.165) is 10.8 Å². The van der Waals surface area contributed by atoms with Crippen molar-refractivity contribution in [2.45, 2.75) is 6.04 Å². The molecule has 1 fully saturated rings. The smallest absolute Gasteiger partial charge is 0.301 e. The first-order valence-corrected chi connectivity index (χ1v) is 10.7. The maximum atomic E-state index is 14.0. The highest BCUT2D eigenvalue weighted by molar-refractivity contribution is 7.22. The second-order valence-electron chi connectivity index (χ2n) is 7.26. The van der Waals surface area contributed by atoms with Crippen LogP contribution in [0, 0.1) is 5.82 Å². The number of hydrogen-bond donors (Lipinski definition) is 1. The number of ketones is 1. The molecule has 0 radical (unpaired) electrons. The second-order valence-corrected chi connectivity index (χ2v) is 8.27. The molecule has 0 aliphatic carbocycles. The first kappa shape index (κ1) is 20.8. The molecule has 2 aromatic heterocycles. The van der Waals surface area contributed by atoms with E-state index < -0.39 is 29.3 Å². The van der Waals surface area contributed by atoms with Crippen molar-refractivity contribution < 1.29 is 23.8 Å². The molecule has 1 aliphatic heterocycles. The zero-order valence-electron chi connectivity index (χ0n) is 17.2. The van der Waals surface area contributed by atoms with Crippen molar-refractivity contribution >= 4 is 44.1 Å². The van der Waals surface area contributed by atoms with Crippen LogP contribution in [-0.4, -0.2) is 33.9 Å². The number of aliphatic hydroxyl groups is 1. The molecule has 1 unspecified atom stereocenters. The van der Waals surface area contributed by atoms with Crippen molar-refractivity contribution in [2.24, 2.45) is 0 Å².